The molecule has 1 aliphatic rings. The van der Waals surface area contributed by atoms with Crippen LogP contribution >= 0.6 is 11.8 Å². The molecule has 1 aromatic rings. The molecule has 0 aromatic heterocycles. The van der Waals surface area contributed by atoms with Gasteiger partial charge < -0.3 is 9.47 Å². The quantitative estimate of drug-likeness (QED) is 0.531. The van der Waals surface area contributed by atoms with Crippen molar-refractivity contribution in [1.29, 1.82) is 0 Å². The van der Waals surface area contributed by atoms with E-state index in [0.717, 1.165) is 34.4 Å². The molecule has 140 valence electrons. The molecule has 0 unspecified atom stereocenters. The monoisotopic (exact) mass is 377 g/mol. The molecule has 2 rings (SSSR count). The molecule has 7 heteroatoms. The number of carbonyl (C=O) groups excluding carboxylic acids is 3. The highest BCUT2D eigenvalue weighted by Crippen LogP contribution is 2.34. The van der Waals surface area contributed by atoms with Crippen molar-refractivity contribution < 1.29 is 23.9 Å². The van der Waals surface area contributed by atoms with Gasteiger partial charge in [-0.05, 0) is 62.7 Å². The highest BCUT2D eigenvalue weighted by Gasteiger charge is 2.41. The molecule has 0 saturated carbocycles. The normalized spacial score (nSPS) is 18.2. The van der Waals surface area contributed by atoms with Gasteiger partial charge in [-0.15, -0.1) is 0 Å². The smallest absolute Gasteiger partial charge is 0.329 e. The van der Waals surface area contributed by atoms with Gasteiger partial charge in [0.1, 0.15) is 11.8 Å². The van der Waals surface area contributed by atoms with Gasteiger partial charge in [-0.1, -0.05) is 19.1 Å². The first-order valence-corrected chi connectivity index (χ1v) is 9.39. The third-order valence-corrected chi connectivity index (χ3v) is 4.81. The van der Waals surface area contributed by atoms with Crippen LogP contribution in [-0.2, 0) is 14.3 Å². The molecule has 26 heavy (non-hydrogen) atoms. The van der Waals surface area contributed by atoms with E-state index in [0.29, 0.717) is 0 Å². The van der Waals surface area contributed by atoms with E-state index in [1.807, 2.05) is 38.1 Å². The average Bonchev–Trinajstić information content (AvgIpc) is 2.89. The van der Waals surface area contributed by atoms with Crippen molar-refractivity contribution in [2.24, 2.45) is 0 Å². The number of amides is 2. The number of benzene rings is 1. The van der Waals surface area contributed by atoms with Gasteiger partial charge in [0.05, 0.1) is 17.6 Å². The highest BCUT2D eigenvalue weighted by atomic mass is 32.2. The van der Waals surface area contributed by atoms with Gasteiger partial charge in [0.2, 0.25) is 0 Å². The first-order valence-electron chi connectivity index (χ1n) is 8.57. The van der Waals surface area contributed by atoms with Gasteiger partial charge in [-0.2, -0.15) is 0 Å². The molecular weight excluding hydrogens is 354 g/mol. The molecule has 0 N–H and O–H groups in total. The number of hydrogen-bond acceptors (Lipinski definition) is 6. The minimum atomic E-state index is -0.945. The Balaban J connectivity index is 2.13. The van der Waals surface area contributed by atoms with Gasteiger partial charge in [0.25, 0.3) is 11.1 Å². The number of rotatable bonds is 7. The van der Waals surface area contributed by atoms with Crippen molar-refractivity contribution in [3.8, 4) is 5.75 Å². The average molecular weight is 377 g/mol. The lowest BCUT2D eigenvalue weighted by Gasteiger charge is -2.19. The number of nitrogens with zero attached hydrogens (tertiary/aromatic N) is 1. The summed E-state index contributed by atoms with van der Waals surface area (Å²) >= 11 is 0.818. The van der Waals surface area contributed by atoms with Crippen molar-refractivity contribution in [3.05, 3.63) is 34.7 Å². The van der Waals surface area contributed by atoms with Crippen LogP contribution in [0.15, 0.2) is 29.2 Å². The minimum absolute atomic E-state index is 0.127. The molecule has 1 heterocycles. The van der Waals surface area contributed by atoms with E-state index in [4.69, 9.17) is 9.47 Å². The first kappa shape index (κ1) is 20.0. The fourth-order valence-electron chi connectivity index (χ4n) is 2.29. The van der Waals surface area contributed by atoms with Crippen molar-refractivity contribution in [1.82, 2.24) is 4.90 Å². The van der Waals surface area contributed by atoms with E-state index in [1.54, 1.807) is 13.0 Å². The van der Waals surface area contributed by atoms with E-state index < -0.39 is 23.2 Å². The Kier molecular flexibility index (Phi) is 6.85. The third kappa shape index (κ3) is 4.66. The van der Waals surface area contributed by atoms with Crippen LogP contribution in [0, 0.1) is 0 Å². The summed E-state index contributed by atoms with van der Waals surface area (Å²) in [7, 11) is 0. The van der Waals surface area contributed by atoms with Crippen molar-refractivity contribution in [3.63, 3.8) is 0 Å². The Morgan fingerprint density at radius 2 is 1.85 bits per heavy atom. The molecule has 1 saturated heterocycles. The molecule has 0 spiro atoms. The SMILES string of the molecule is CCOC(=O)[C@@H](C)N1C(=O)S/C(=C/c2ccc(O[C@@H](C)CC)cc2)C1=O. The van der Waals surface area contributed by atoms with Crippen LogP contribution in [0.25, 0.3) is 6.08 Å². The molecule has 1 aromatic carbocycles. The molecular formula is C19H23NO5S. The van der Waals surface area contributed by atoms with Gasteiger partial charge >= 0.3 is 5.97 Å². The predicted molar refractivity (Wildman–Crippen MR) is 101 cm³/mol. The molecule has 0 bridgehead atoms. The number of thioether (sulfide) groups is 1. The van der Waals surface area contributed by atoms with Crippen LogP contribution in [0.5, 0.6) is 5.75 Å². The molecule has 2 amide bonds. The zero-order valence-corrected chi connectivity index (χ0v) is 16.2. The Bertz CT molecular complexity index is 713. The lowest BCUT2D eigenvalue weighted by atomic mass is 10.2. The largest absolute Gasteiger partial charge is 0.491 e. The van der Waals surface area contributed by atoms with Crippen molar-refractivity contribution in [2.75, 3.05) is 6.61 Å². The Morgan fingerprint density at radius 3 is 2.42 bits per heavy atom. The van der Waals surface area contributed by atoms with E-state index in [9.17, 15) is 14.4 Å². The Labute approximate surface area is 157 Å². The van der Waals surface area contributed by atoms with E-state index >= 15 is 0 Å². The molecule has 0 radical (unpaired) electrons. The molecule has 6 nitrogen and oxygen atoms in total. The maximum Gasteiger partial charge on any atom is 0.329 e. The second-order valence-corrected chi connectivity index (χ2v) is 6.88. The first-order chi connectivity index (χ1) is 12.4. The fourth-order valence-corrected chi connectivity index (χ4v) is 3.20. The van der Waals surface area contributed by atoms with Gasteiger partial charge in [0, 0.05) is 0 Å². The van der Waals surface area contributed by atoms with Crippen LogP contribution in [0.2, 0.25) is 0 Å². The van der Waals surface area contributed by atoms with E-state index in [1.165, 1.54) is 6.92 Å². The second kappa shape index (κ2) is 8.89. The minimum Gasteiger partial charge on any atom is -0.491 e. The zero-order valence-electron chi connectivity index (χ0n) is 15.4. The van der Waals surface area contributed by atoms with E-state index in [-0.39, 0.29) is 17.6 Å². The summed E-state index contributed by atoms with van der Waals surface area (Å²) in [6, 6.07) is 6.34. The second-order valence-electron chi connectivity index (χ2n) is 5.89. The number of ether oxygens (including phenoxy) is 2. The topological polar surface area (TPSA) is 72.9 Å². The van der Waals surface area contributed by atoms with Crippen LogP contribution in [0.3, 0.4) is 0 Å². The summed E-state index contributed by atoms with van der Waals surface area (Å²) in [5.41, 5.74) is 0.774. The van der Waals surface area contributed by atoms with Crippen molar-refractivity contribution >= 4 is 35.0 Å². The lowest BCUT2D eigenvalue weighted by Crippen LogP contribution is -2.42. The van der Waals surface area contributed by atoms with Crippen LogP contribution < -0.4 is 4.74 Å². The third-order valence-electron chi connectivity index (χ3n) is 3.93. The van der Waals surface area contributed by atoms with Crippen LogP contribution in [0.4, 0.5) is 4.79 Å². The summed E-state index contributed by atoms with van der Waals surface area (Å²) in [4.78, 5) is 37.7. The van der Waals surface area contributed by atoms with Crippen LogP contribution in [0.1, 0.15) is 39.7 Å². The summed E-state index contributed by atoms with van der Waals surface area (Å²) in [5, 5.41) is -0.474. The highest BCUT2D eigenvalue weighted by molar-refractivity contribution is 8.18. The fraction of sp³-hybridized carbons (Fsp3) is 0.421. The maximum absolute atomic E-state index is 12.5. The van der Waals surface area contributed by atoms with Crippen molar-refractivity contribution in [2.45, 2.75) is 46.3 Å². The standard InChI is InChI=1S/C19H23NO5S/c1-5-12(3)25-15-9-7-14(8-10-15)11-16-17(21)20(19(23)26-16)13(4)18(22)24-6-2/h7-13H,5-6H2,1-4H3/b16-11+/t12-,13+/m0/s1. The summed E-state index contributed by atoms with van der Waals surface area (Å²) < 4.78 is 10.6. The Morgan fingerprint density at radius 1 is 1.19 bits per heavy atom. The molecule has 1 fully saturated rings. The lowest BCUT2D eigenvalue weighted by molar-refractivity contribution is -0.150. The molecule has 0 aliphatic carbocycles. The molecule has 2 atom stereocenters. The molecule has 1 aliphatic heterocycles. The predicted octanol–water partition coefficient (Wildman–Crippen LogP) is 3.85. The van der Waals surface area contributed by atoms with Gasteiger partial charge in [-0.3, -0.25) is 14.5 Å². The Hall–Kier alpha value is -2.28. The maximum atomic E-state index is 12.5. The number of esters is 1. The summed E-state index contributed by atoms with van der Waals surface area (Å²) in [5.74, 6) is -0.330. The summed E-state index contributed by atoms with van der Waals surface area (Å²) in [6.07, 6.45) is 2.67. The summed E-state index contributed by atoms with van der Waals surface area (Å²) in [6.45, 7) is 7.40. The van der Waals surface area contributed by atoms with Gasteiger partial charge in [-0.25, -0.2) is 4.79 Å². The number of imide groups is 1. The van der Waals surface area contributed by atoms with E-state index in [2.05, 4.69) is 0 Å². The van der Waals surface area contributed by atoms with Crippen LogP contribution in [-0.4, -0.2) is 40.8 Å². The number of carbonyl (C=O) groups is 3. The zero-order chi connectivity index (χ0) is 19.3. The van der Waals surface area contributed by atoms with Gasteiger partial charge in [0.15, 0.2) is 0 Å². The number of hydrogen-bond donors (Lipinski definition) is 0.